The zero-order valence-corrected chi connectivity index (χ0v) is 17.7. The third-order valence-electron chi connectivity index (χ3n) is 5.91. The van der Waals surface area contributed by atoms with Crippen LogP contribution in [-0.2, 0) is 11.3 Å². The molecule has 0 unspecified atom stereocenters. The van der Waals surface area contributed by atoms with Crippen LogP contribution in [0.15, 0.2) is 66.7 Å². The minimum absolute atomic E-state index is 0.0921. The summed E-state index contributed by atoms with van der Waals surface area (Å²) in [5, 5.41) is 11.8. The van der Waals surface area contributed by atoms with Gasteiger partial charge in [-0.15, -0.1) is 0 Å². The predicted molar refractivity (Wildman–Crippen MR) is 122 cm³/mol. The van der Waals surface area contributed by atoms with Crippen molar-refractivity contribution >= 4 is 22.5 Å². The highest BCUT2D eigenvalue weighted by Crippen LogP contribution is 2.18. The summed E-state index contributed by atoms with van der Waals surface area (Å²) < 4.78 is 0. The molecule has 0 saturated carbocycles. The second kappa shape index (κ2) is 9.75. The number of ketones is 1. The molecule has 1 fully saturated rings. The molecule has 0 aliphatic carbocycles. The molecular formula is C26H28N2O3. The van der Waals surface area contributed by atoms with E-state index in [0.29, 0.717) is 37.9 Å². The molecule has 0 radical (unpaired) electrons. The van der Waals surface area contributed by atoms with Gasteiger partial charge in [0, 0.05) is 51.1 Å². The molecule has 5 heteroatoms. The van der Waals surface area contributed by atoms with E-state index in [2.05, 4.69) is 4.90 Å². The van der Waals surface area contributed by atoms with Crippen molar-refractivity contribution in [3.8, 4) is 5.75 Å². The average molecular weight is 417 g/mol. The van der Waals surface area contributed by atoms with Crippen molar-refractivity contribution in [1.82, 2.24) is 9.80 Å². The van der Waals surface area contributed by atoms with E-state index < -0.39 is 0 Å². The second-order valence-electron chi connectivity index (χ2n) is 8.17. The Labute approximate surface area is 182 Å². The van der Waals surface area contributed by atoms with Gasteiger partial charge in [-0.3, -0.25) is 14.5 Å². The van der Waals surface area contributed by atoms with Gasteiger partial charge in [0.1, 0.15) is 5.75 Å². The number of carbonyl (C=O) groups excluding carboxylic acids is 2. The molecule has 0 bridgehead atoms. The minimum atomic E-state index is 0.0921. The van der Waals surface area contributed by atoms with Gasteiger partial charge in [0.2, 0.25) is 5.91 Å². The molecule has 31 heavy (non-hydrogen) atoms. The molecule has 0 atom stereocenters. The number of nitrogens with zero attached hydrogens (tertiary/aromatic N) is 2. The zero-order chi connectivity index (χ0) is 21.6. The fourth-order valence-electron chi connectivity index (χ4n) is 4.13. The van der Waals surface area contributed by atoms with Gasteiger partial charge in [0.15, 0.2) is 5.78 Å². The number of benzene rings is 3. The number of carbonyl (C=O) groups is 2. The summed E-state index contributed by atoms with van der Waals surface area (Å²) in [7, 11) is 0. The van der Waals surface area contributed by atoms with Crippen LogP contribution in [0.25, 0.3) is 10.8 Å². The number of phenols is 1. The van der Waals surface area contributed by atoms with E-state index in [-0.39, 0.29) is 17.4 Å². The number of piperazine rings is 1. The SMILES string of the molecule is O=C(CCCC(=O)N1CCN(Cc2cccc(O)c2)CC1)c1ccc2ccccc2c1. The quantitative estimate of drug-likeness (QED) is 0.585. The molecule has 1 amide bonds. The Bertz CT molecular complexity index is 1070. The molecule has 0 aromatic heterocycles. The lowest BCUT2D eigenvalue weighted by Gasteiger charge is -2.34. The molecule has 1 N–H and O–H groups in total. The largest absolute Gasteiger partial charge is 0.508 e. The highest BCUT2D eigenvalue weighted by molar-refractivity contribution is 6.00. The molecule has 160 valence electrons. The fraction of sp³-hybridized carbons (Fsp3) is 0.308. The number of amides is 1. The number of rotatable bonds is 7. The van der Waals surface area contributed by atoms with E-state index in [1.165, 1.54) is 0 Å². The molecule has 1 heterocycles. The number of hydrogen-bond donors (Lipinski definition) is 1. The van der Waals surface area contributed by atoms with Crippen LogP contribution in [-0.4, -0.2) is 52.8 Å². The number of fused-ring (bicyclic) bond motifs is 1. The van der Waals surface area contributed by atoms with Gasteiger partial charge < -0.3 is 10.0 Å². The Balaban J connectivity index is 1.20. The first kappa shape index (κ1) is 21.1. The molecule has 4 rings (SSSR count). The van der Waals surface area contributed by atoms with Gasteiger partial charge in [0.05, 0.1) is 0 Å². The summed E-state index contributed by atoms with van der Waals surface area (Å²) in [4.78, 5) is 29.3. The highest BCUT2D eigenvalue weighted by atomic mass is 16.3. The molecule has 1 aliphatic heterocycles. The number of phenolic OH excluding ortho intramolecular Hbond substituents is 1. The van der Waals surface area contributed by atoms with Gasteiger partial charge in [-0.1, -0.05) is 48.5 Å². The van der Waals surface area contributed by atoms with Crippen molar-refractivity contribution in [2.75, 3.05) is 26.2 Å². The Kier molecular flexibility index (Phi) is 6.63. The Morgan fingerprint density at radius 3 is 2.35 bits per heavy atom. The molecule has 1 aliphatic rings. The first-order valence-electron chi connectivity index (χ1n) is 10.9. The minimum Gasteiger partial charge on any atom is -0.508 e. The molecule has 5 nitrogen and oxygen atoms in total. The number of Topliss-reactive ketones (excluding diaryl/α,β-unsaturated/α-hetero) is 1. The van der Waals surface area contributed by atoms with Crippen LogP contribution in [0.1, 0.15) is 35.2 Å². The van der Waals surface area contributed by atoms with E-state index in [0.717, 1.165) is 36.0 Å². The zero-order valence-electron chi connectivity index (χ0n) is 17.7. The van der Waals surface area contributed by atoms with E-state index in [1.54, 1.807) is 12.1 Å². The Morgan fingerprint density at radius 2 is 1.58 bits per heavy atom. The van der Waals surface area contributed by atoms with Crippen LogP contribution in [0.5, 0.6) is 5.75 Å². The van der Waals surface area contributed by atoms with Gasteiger partial charge in [0.25, 0.3) is 0 Å². The van der Waals surface area contributed by atoms with E-state index >= 15 is 0 Å². The van der Waals surface area contributed by atoms with Crippen LogP contribution in [0.2, 0.25) is 0 Å². The predicted octanol–water partition coefficient (Wildman–Crippen LogP) is 4.24. The smallest absolute Gasteiger partial charge is 0.222 e. The summed E-state index contributed by atoms with van der Waals surface area (Å²) in [6.07, 6.45) is 1.38. The lowest BCUT2D eigenvalue weighted by molar-refractivity contribution is -0.133. The molecule has 3 aromatic carbocycles. The monoisotopic (exact) mass is 416 g/mol. The van der Waals surface area contributed by atoms with Crippen LogP contribution >= 0.6 is 0 Å². The lowest BCUT2D eigenvalue weighted by Crippen LogP contribution is -2.48. The molecular weight excluding hydrogens is 388 g/mol. The highest BCUT2D eigenvalue weighted by Gasteiger charge is 2.21. The van der Waals surface area contributed by atoms with Crippen LogP contribution in [0.4, 0.5) is 0 Å². The third-order valence-corrected chi connectivity index (χ3v) is 5.91. The van der Waals surface area contributed by atoms with Gasteiger partial charge in [-0.2, -0.15) is 0 Å². The second-order valence-corrected chi connectivity index (χ2v) is 8.17. The van der Waals surface area contributed by atoms with Crippen molar-refractivity contribution in [1.29, 1.82) is 0 Å². The van der Waals surface area contributed by atoms with Crippen LogP contribution in [0.3, 0.4) is 0 Å². The van der Waals surface area contributed by atoms with Crippen molar-refractivity contribution in [2.45, 2.75) is 25.8 Å². The summed E-state index contributed by atoms with van der Waals surface area (Å²) in [5.74, 6) is 0.502. The third kappa shape index (κ3) is 5.50. The first-order chi connectivity index (χ1) is 15.1. The van der Waals surface area contributed by atoms with Gasteiger partial charge in [-0.25, -0.2) is 0 Å². The molecule has 0 spiro atoms. The van der Waals surface area contributed by atoms with E-state index in [4.69, 9.17) is 0 Å². The maximum absolute atomic E-state index is 12.6. The number of hydrogen-bond acceptors (Lipinski definition) is 4. The summed E-state index contributed by atoms with van der Waals surface area (Å²) >= 11 is 0. The molecule has 1 saturated heterocycles. The van der Waals surface area contributed by atoms with E-state index in [1.807, 2.05) is 59.5 Å². The number of aromatic hydroxyl groups is 1. The van der Waals surface area contributed by atoms with Crippen molar-refractivity contribution in [2.24, 2.45) is 0 Å². The lowest BCUT2D eigenvalue weighted by atomic mass is 10.0. The summed E-state index contributed by atoms with van der Waals surface area (Å²) in [5.41, 5.74) is 1.79. The Hall–Kier alpha value is -3.18. The van der Waals surface area contributed by atoms with Gasteiger partial charge in [-0.05, 0) is 41.0 Å². The normalized spacial score (nSPS) is 14.6. The fourth-order valence-corrected chi connectivity index (χ4v) is 4.13. The van der Waals surface area contributed by atoms with Crippen molar-refractivity contribution < 1.29 is 14.7 Å². The first-order valence-corrected chi connectivity index (χ1v) is 10.9. The molecule has 3 aromatic rings. The topological polar surface area (TPSA) is 60.9 Å². The average Bonchev–Trinajstić information content (AvgIpc) is 2.79. The van der Waals surface area contributed by atoms with Crippen LogP contribution < -0.4 is 0 Å². The van der Waals surface area contributed by atoms with Gasteiger partial charge >= 0.3 is 0 Å². The maximum atomic E-state index is 12.6. The maximum Gasteiger partial charge on any atom is 0.222 e. The summed E-state index contributed by atoms with van der Waals surface area (Å²) in [6, 6.07) is 21.1. The Morgan fingerprint density at radius 1 is 0.806 bits per heavy atom. The van der Waals surface area contributed by atoms with Crippen molar-refractivity contribution in [3.63, 3.8) is 0 Å². The van der Waals surface area contributed by atoms with E-state index in [9.17, 15) is 14.7 Å². The summed E-state index contributed by atoms with van der Waals surface area (Å²) in [6.45, 7) is 3.82. The standard InChI is InChI=1S/C26H28N2O3/c29-24-8-3-5-20(17-24)19-27-13-15-28(16-14-27)26(31)10-4-9-25(30)23-12-11-21-6-1-2-7-22(21)18-23/h1-3,5-8,11-12,17-18,29H,4,9-10,13-16,19H2. The van der Waals surface area contributed by atoms with Crippen LogP contribution in [0, 0.1) is 0 Å². The van der Waals surface area contributed by atoms with Crippen molar-refractivity contribution in [3.05, 3.63) is 77.9 Å².